The van der Waals surface area contributed by atoms with Gasteiger partial charge in [0.25, 0.3) is 5.69 Å². The molecule has 0 aliphatic rings. The van der Waals surface area contributed by atoms with Gasteiger partial charge in [0.05, 0.1) is 10.4 Å². The summed E-state index contributed by atoms with van der Waals surface area (Å²) in [4.78, 5) is 30.4. The first-order chi connectivity index (χ1) is 12.5. The number of carbonyl (C=O) groups excluding carboxylic acids is 1. The van der Waals surface area contributed by atoms with Crippen molar-refractivity contribution in [1.29, 1.82) is 0 Å². The highest BCUT2D eigenvalue weighted by Crippen LogP contribution is 2.32. The third kappa shape index (κ3) is 3.70. The predicted molar refractivity (Wildman–Crippen MR) is 97.8 cm³/mol. The minimum absolute atomic E-state index is 0.00591. The first kappa shape index (κ1) is 17.6. The molecule has 0 fully saturated rings. The number of amides is 1. The maximum atomic E-state index is 11.6. The van der Waals surface area contributed by atoms with E-state index in [0.717, 1.165) is 5.56 Å². The number of benzene rings is 2. The van der Waals surface area contributed by atoms with E-state index in [0.29, 0.717) is 16.7 Å². The summed E-state index contributed by atoms with van der Waals surface area (Å²) in [7, 11) is 0. The van der Waals surface area contributed by atoms with Crippen molar-refractivity contribution >= 4 is 39.9 Å². The van der Waals surface area contributed by atoms with Gasteiger partial charge >= 0.3 is 0 Å². The van der Waals surface area contributed by atoms with Gasteiger partial charge in [0, 0.05) is 18.4 Å². The van der Waals surface area contributed by atoms with Crippen LogP contribution in [-0.4, -0.2) is 20.8 Å². The van der Waals surface area contributed by atoms with E-state index in [-0.39, 0.29) is 16.6 Å². The second-order valence-corrected chi connectivity index (χ2v) is 5.90. The Morgan fingerprint density at radius 2 is 1.96 bits per heavy atom. The average molecular weight is 372 g/mol. The summed E-state index contributed by atoms with van der Waals surface area (Å²) in [5, 5.41) is 17.5. The Labute approximate surface area is 153 Å². The van der Waals surface area contributed by atoms with Crippen LogP contribution in [0.3, 0.4) is 0 Å². The summed E-state index contributed by atoms with van der Waals surface area (Å²) in [6, 6.07) is 12.0. The lowest BCUT2D eigenvalue weighted by Gasteiger charge is -2.21. The number of nitro groups is 1. The zero-order chi connectivity index (χ0) is 18.7. The fourth-order valence-corrected chi connectivity index (χ4v) is 2.74. The number of hydrogen-bond donors (Lipinski definition) is 2. The van der Waals surface area contributed by atoms with Gasteiger partial charge in [-0.25, -0.2) is 9.97 Å². The number of nitrogens with one attached hydrogen (secondary N) is 2. The molecule has 1 atom stereocenters. The highest BCUT2D eigenvalue weighted by atomic mass is 35.5. The Balaban J connectivity index is 2.06. The number of halogens is 1. The van der Waals surface area contributed by atoms with Crippen LogP contribution in [0.25, 0.3) is 10.9 Å². The Morgan fingerprint density at radius 3 is 2.62 bits per heavy atom. The van der Waals surface area contributed by atoms with Crippen LogP contribution in [0, 0.1) is 10.1 Å². The van der Waals surface area contributed by atoms with Gasteiger partial charge in [-0.15, -0.1) is 0 Å². The number of fused-ring (bicyclic) bond motifs is 1. The number of hydrogen-bond acceptors (Lipinski definition) is 6. The van der Waals surface area contributed by atoms with Crippen LogP contribution in [0.2, 0.25) is 5.02 Å². The zero-order valence-electron chi connectivity index (χ0n) is 13.6. The molecular formula is C17H14ClN5O3. The number of carbonyl (C=O) groups is 1. The van der Waals surface area contributed by atoms with Gasteiger partial charge in [0.2, 0.25) is 5.91 Å². The molecule has 0 radical (unpaired) electrons. The molecule has 1 aromatic heterocycles. The molecule has 9 heteroatoms. The molecular weight excluding hydrogens is 358 g/mol. The molecule has 0 spiro atoms. The number of nitrogens with zero attached hydrogens (tertiary/aromatic N) is 3. The van der Waals surface area contributed by atoms with E-state index in [4.69, 9.17) is 11.6 Å². The summed E-state index contributed by atoms with van der Waals surface area (Å²) in [5.74, 6) is 0.108. The first-order valence-electron chi connectivity index (χ1n) is 7.63. The largest absolute Gasteiger partial charge is 0.346 e. The maximum Gasteiger partial charge on any atom is 0.288 e. The highest BCUT2D eigenvalue weighted by molar-refractivity contribution is 6.33. The molecule has 0 aliphatic carbocycles. The second kappa shape index (κ2) is 7.32. The summed E-state index contributed by atoms with van der Waals surface area (Å²) >= 11 is 5.94. The molecule has 1 amide bonds. The van der Waals surface area contributed by atoms with Crippen molar-refractivity contribution in [3.63, 3.8) is 0 Å². The van der Waals surface area contributed by atoms with Gasteiger partial charge in [-0.1, -0.05) is 41.9 Å². The van der Waals surface area contributed by atoms with Crippen molar-refractivity contribution in [2.45, 2.75) is 13.1 Å². The summed E-state index contributed by atoms with van der Waals surface area (Å²) < 4.78 is 0. The molecule has 132 valence electrons. The number of anilines is 1. The van der Waals surface area contributed by atoms with E-state index in [1.165, 1.54) is 25.4 Å². The topological polar surface area (TPSA) is 110 Å². The van der Waals surface area contributed by atoms with Gasteiger partial charge in [-0.3, -0.25) is 14.9 Å². The lowest BCUT2D eigenvalue weighted by molar-refractivity contribution is -0.384. The molecule has 3 aromatic rings. The lowest BCUT2D eigenvalue weighted by atomic mass is 10.1. The number of rotatable bonds is 5. The predicted octanol–water partition coefficient (Wildman–Crippen LogP) is 3.44. The Hall–Kier alpha value is -3.26. The van der Waals surface area contributed by atoms with E-state index < -0.39 is 11.1 Å². The highest BCUT2D eigenvalue weighted by Gasteiger charge is 2.19. The van der Waals surface area contributed by atoms with Crippen molar-refractivity contribution in [1.82, 2.24) is 15.3 Å². The van der Waals surface area contributed by atoms with E-state index in [2.05, 4.69) is 20.6 Å². The van der Waals surface area contributed by atoms with Gasteiger partial charge in [-0.2, -0.15) is 0 Å². The fraction of sp³-hybridized carbons (Fsp3) is 0.118. The standard InChI is InChI=1S/C17H14ClN5O3/c1-10(24)21-16(11-5-3-2-4-6-11)22-17-12-7-15(23(25)26)13(18)8-14(12)19-9-20-17/h2-9,16H,1H3,(H,21,24)(H,19,20,22). The quantitative estimate of drug-likeness (QED) is 0.404. The zero-order valence-corrected chi connectivity index (χ0v) is 14.4. The van der Waals surface area contributed by atoms with E-state index in [1.54, 1.807) is 0 Å². The van der Waals surface area contributed by atoms with Crippen LogP contribution in [-0.2, 0) is 4.79 Å². The van der Waals surface area contributed by atoms with Gasteiger partial charge in [0.1, 0.15) is 23.3 Å². The molecule has 0 aliphatic heterocycles. The SMILES string of the molecule is CC(=O)NC(Nc1ncnc2cc(Cl)c([N+](=O)[O-])cc12)c1ccccc1. The molecule has 0 bridgehead atoms. The third-order valence-electron chi connectivity index (χ3n) is 3.66. The molecule has 0 saturated carbocycles. The fourth-order valence-electron chi connectivity index (χ4n) is 2.51. The lowest BCUT2D eigenvalue weighted by Crippen LogP contribution is -2.32. The Bertz CT molecular complexity index is 981. The normalized spacial score (nSPS) is 11.8. The van der Waals surface area contributed by atoms with Crippen LogP contribution in [0.15, 0.2) is 48.8 Å². The third-order valence-corrected chi connectivity index (χ3v) is 3.96. The smallest absolute Gasteiger partial charge is 0.288 e. The van der Waals surface area contributed by atoms with Crippen molar-refractivity contribution in [2.24, 2.45) is 0 Å². The number of aromatic nitrogens is 2. The van der Waals surface area contributed by atoms with Crippen LogP contribution in [0.5, 0.6) is 0 Å². The Morgan fingerprint density at radius 1 is 1.23 bits per heavy atom. The minimum atomic E-state index is -0.568. The van der Waals surface area contributed by atoms with Crippen LogP contribution >= 0.6 is 11.6 Å². The van der Waals surface area contributed by atoms with E-state index >= 15 is 0 Å². The molecule has 1 heterocycles. The molecule has 2 N–H and O–H groups in total. The minimum Gasteiger partial charge on any atom is -0.346 e. The summed E-state index contributed by atoms with van der Waals surface area (Å²) in [5.41, 5.74) is 1.01. The number of nitro benzene ring substituents is 1. The van der Waals surface area contributed by atoms with Crippen LogP contribution in [0.1, 0.15) is 18.7 Å². The average Bonchev–Trinajstić information content (AvgIpc) is 2.61. The van der Waals surface area contributed by atoms with Crippen molar-refractivity contribution in [2.75, 3.05) is 5.32 Å². The monoisotopic (exact) mass is 371 g/mol. The van der Waals surface area contributed by atoms with Gasteiger partial charge in [0.15, 0.2) is 0 Å². The molecule has 26 heavy (non-hydrogen) atoms. The molecule has 1 unspecified atom stereocenters. The van der Waals surface area contributed by atoms with E-state index in [1.807, 2.05) is 30.3 Å². The van der Waals surface area contributed by atoms with E-state index in [9.17, 15) is 14.9 Å². The molecule has 0 saturated heterocycles. The Kier molecular flexibility index (Phi) is 4.94. The summed E-state index contributed by atoms with van der Waals surface area (Å²) in [6.45, 7) is 1.40. The first-order valence-corrected chi connectivity index (χ1v) is 8.00. The molecule has 2 aromatic carbocycles. The van der Waals surface area contributed by atoms with Crippen molar-refractivity contribution in [3.05, 3.63) is 69.5 Å². The van der Waals surface area contributed by atoms with Crippen LogP contribution in [0.4, 0.5) is 11.5 Å². The van der Waals surface area contributed by atoms with Crippen molar-refractivity contribution in [3.8, 4) is 0 Å². The maximum absolute atomic E-state index is 11.6. The van der Waals surface area contributed by atoms with Crippen molar-refractivity contribution < 1.29 is 9.72 Å². The summed E-state index contributed by atoms with van der Waals surface area (Å²) in [6.07, 6.45) is 0.754. The van der Waals surface area contributed by atoms with Gasteiger partial charge < -0.3 is 10.6 Å². The molecule has 8 nitrogen and oxygen atoms in total. The van der Waals surface area contributed by atoms with Gasteiger partial charge in [-0.05, 0) is 11.6 Å². The van der Waals surface area contributed by atoms with Crippen LogP contribution < -0.4 is 10.6 Å². The molecule has 3 rings (SSSR count). The second-order valence-electron chi connectivity index (χ2n) is 5.49.